The molecule has 0 aliphatic carbocycles. The first-order valence-corrected chi connectivity index (χ1v) is 12.0. The van der Waals surface area contributed by atoms with E-state index in [1.807, 2.05) is 0 Å². The van der Waals surface area contributed by atoms with Gasteiger partial charge in [0.2, 0.25) is 5.75 Å². The Balaban J connectivity index is 1.71. The van der Waals surface area contributed by atoms with Crippen molar-refractivity contribution < 1.29 is 47.1 Å². The van der Waals surface area contributed by atoms with Crippen LogP contribution in [-0.4, -0.2) is 35.0 Å². The van der Waals surface area contributed by atoms with Gasteiger partial charge in [0, 0.05) is 6.07 Å². The number of nitro benzene ring substituents is 1. The van der Waals surface area contributed by atoms with Gasteiger partial charge in [-0.3, -0.25) is 25.0 Å². The van der Waals surface area contributed by atoms with Gasteiger partial charge in [0.05, 0.1) is 26.9 Å². The van der Waals surface area contributed by atoms with Gasteiger partial charge in [0.15, 0.2) is 11.5 Å². The van der Waals surface area contributed by atoms with E-state index in [0.29, 0.717) is 17.0 Å². The number of urea groups is 1. The number of hydrogen-bond acceptors (Lipinski definition) is 8. The summed E-state index contributed by atoms with van der Waals surface area (Å²) in [7, 11) is 1.24. The maximum absolute atomic E-state index is 13.1. The molecule has 3 aromatic carbocycles. The monoisotopic (exact) mass is 669 g/mol. The van der Waals surface area contributed by atoms with E-state index in [-0.39, 0.29) is 32.1 Å². The second kappa shape index (κ2) is 10.8. The number of ether oxygens (including phenoxy) is 2. The summed E-state index contributed by atoms with van der Waals surface area (Å²) in [4.78, 5) is 49.1. The SMILES string of the molecule is COc1cc(/C=C2\C(=O)NC(=O)N(c3ccc(O)cc3)C2=O)cc(I)c1Oc1ccc(C(F)(F)F)cc1[N+](=O)[O-]. The molecule has 0 radical (unpaired) electrons. The van der Waals surface area contributed by atoms with Gasteiger partial charge in [-0.1, -0.05) is 0 Å². The van der Waals surface area contributed by atoms with Crippen LogP contribution in [0.1, 0.15) is 11.1 Å². The molecule has 0 aromatic heterocycles. The standard InChI is InChI=1S/C25H15F3IN3O8/c1-39-20-10-12(8-16-22(34)30-24(36)31(23(16)35)14-3-5-15(33)6-4-14)9-17(29)21(20)40-19-7-2-13(25(26,27)28)11-18(19)32(37)38/h2-11,33H,1H3,(H,30,34,36)/b16-8+. The van der Waals surface area contributed by atoms with Crippen molar-refractivity contribution in [2.75, 3.05) is 12.0 Å². The molecule has 1 heterocycles. The van der Waals surface area contributed by atoms with Crippen LogP contribution in [0.3, 0.4) is 0 Å². The van der Waals surface area contributed by atoms with E-state index < -0.39 is 51.5 Å². The van der Waals surface area contributed by atoms with Crippen molar-refractivity contribution in [2.45, 2.75) is 6.18 Å². The summed E-state index contributed by atoms with van der Waals surface area (Å²) in [6, 6.07) is 8.66. The fourth-order valence-corrected chi connectivity index (χ4v) is 4.35. The molecule has 40 heavy (non-hydrogen) atoms. The Morgan fingerprint density at radius 3 is 2.33 bits per heavy atom. The zero-order valence-corrected chi connectivity index (χ0v) is 22.1. The molecule has 1 aliphatic rings. The van der Waals surface area contributed by atoms with Gasteiger partial charge in [-0.05, 0) is 82.8 Å². The number of nitrogens with zero attached hydrogens (tertiary/aromatic N) is 2. The van der Waals surface area contributed by atoms with Crippen LogP contribution in [0.2, 0.25) is 0 Å². The summed E-state index contributed by atoms with van der Waals surface area (Å²) in [6.07, 6.45) is -3.64. The van der Waals surface area contributed by atoms with Crippen LogP contribution in [0.5, 0.6) is 23.0 Å². The molecule has 2 N–H and O–H groups in total. The minimum absolute atomic E-state index is 0.0249. The number of nitro groups is 1. The second-order valence-electron chi connectivity index (χ2n) is 8.05. The van der Waals surface area contributed by atoms with Crippen molar-refractivity contribution in [3.63, 3.8) is 0 Å². The Morgan fingerprint density at radius 2 is 1.73 bits per heavy atom. The Bertz CT molecular complexity index is 1590. The molecule has 0 saturated carbocycles. The zero-order chi connectivity index (χ0) is 29.4. The largest absolute Gasteiger partial charge is 0.508 e. The highest BCUT2D eigenvalue weighted by Gasteiger charge is 2.37. The van der Waals surface area contributed by atoms with Crippen molar-refractivity contribution in [1.82, 2.24) is 5.32 Å². The van der Waals surface area contributed by atoms with Gasteiger partial charge in [-0.25, -0.2) is 9.69 Å². The van der Waals surface area contributed by atoms with Crippen LogP contribution in [0, 0.1) is 13.7 Å². The zero-order valence-electron chi connectivity index (χ0n) is 20.0. The maximum atomic E-state index is 13.1. The number of nitrogens with one attached hydrogen (secondary N) is 1. The number of anilines is 1. The minimum atomic E-state index is -4.81. The first-order valence-electron chi connectivity index (χ1n) is 10.9. The Morgan fingerprint density at radius 1 is 1.05 bits per heavy atom. The van der Waals surface area contributed by atoms with Crippen molar-refractivity contribution in [1.29, 1.82) is 0 Å². The highest BCUT2D eigenvalue weighted by molar-refractivity contribution is 14.1. The molecule has 1 saturated heterocycles. The summed E-state index contributed by atoms with van der Waals surface area (Å²) >= 11 is 1.78. The fourth-order valence-electron chi connectivity index (χ4n) is 3.62. The molecule has 11 nitrogen and oxygen atoms in total. The van der Waals surface area contributed by atoms with Crippen LogP contribution in [0.15, 0.2) is 60.2 Å². The van der Waals surface area contributed by atoms with E-state index in [0.717, 1.165) is 6.07 Å². The lowest BCUT2D eigenvalue weighted by atomic mass is 10.1. The maximum Gasteiger partial charge on any atom is 0.416 e. The number of aromatic hydroxyl groups is 1. The smallest absolute Gasteiger partial charge is 0.416 e. The molecule has 0 spiro atoms. The number of phenols is 1. The molecule has 0 atom stereocenters. The normalized spacial score (nSPS) is 14.8. The number of carbonyl (C=O) groups is 3. The molecule has 15 heteroatoms. The fraction of sp³-hybridized carbons (Fsp3) is 0.0800. The van der Waals surface area contributed by atoms with Gasteiger partial charge in [-0.2, -0.15) is 13.2 Å². The highest BCUT2D eigenvalue weighted by atomic mass is 127. The first kappa shape index (κ1) is 28.3. The molecule has 1 fully saturated rings. The van der Waals surface area contributed by atoms with E-state index in [1.165, 1.54) is 49.6 Å². The summed E-state index contributed by atoms with van der Waals surface area (Å²) in [5.74, 6) is -2.61. The van der Waals surface area contributed by atoms with Crippen LogP contribution in [0.25, 0.3) is 6.08 Å². The number of imide groups is 2. The quantitative estimate of drug-likeness (QED) is 0.117. The number of hydrogen-bond donors (Lipinski definition) is 2. The highest BCUT2D eigenvalue weighted by Crippen LogP contribution is 2.42. The molecule has 1 aliphatic heterocycles. The molecule has 0 unspecified atom stereocenters. The lowest BCUT2D eigenvalue weighted by Crippen LogP contribution is -2.54. The molecule has 3 aromatic rings. The summed E-state index contributed by atoms with van der Waals surface area (Å²) in [5.41, 5.74) is -2.26. The predicted octanol–water partition coefficient (Wildman–Crippen LogP) is 5.39. The number of rotatable bonds is 6. The van der Waals surface area contributed by atoms with E-state index in [2.05, 4.69) is 5.32 Å². The number of phenolic OH excluding ortho intramolecular Hbond substituents is 1. The van der Waals surface area contributed by atoms with Crippen LogP contribution >= 0.6 is 22.6 Å². The van der Waals surface area contributed by atoms with Gasteiger partial charge < -0.3 is 14.6 Å². The average molecular weight is 669 g/mol. The van der Waals surface area contributed by atoms with E-state index >= 15 is 0 Å². The number of barbiturate groups is 1. The number of halogens is 4. The topological polar surface area (TPSA) is 148 Å². The first-order chi connectivity index (χ1) is 18.8. The number of benzene rings is 3. The van der Waals surface area contributed by atoms with Gasteiger partial charge in [0.1, 0.15) is 11.3 Å². The van der Waals surface area contributed by atoms with E-state index in [9.17, 15) is 42.8 Å². The Hall–Kier alpha value is -4.67. The third-order valence-electron chi connectivity index (χ3n) is 5.47. The Labute approximate surface area is 236 Å². The van der Waals surface area contributed by atoms with Gasteiger partial charge in [-0.15, -0.1) is 0 Å². The molecule has 4 rings (SSSR count). The summed E-state index contributed by atoms with van der Waals surface area (Å²) < 4.78 is 50.3. The lowest BCUT2D eigenvalue weighted by molar-refractivity contribution is -0.385. The number of amides is 4. The van der Waals surface area contributed by atoms with E-state index in [4.69, 9.17) is 9.47 Å². The van der Waals surface area contributed by atoms with Crippen molar-refractivity contribution in [3.8, 4) is 23.0 Å². The number of carbonyl (C=O) groups excluding carboxylic acids is 3. The van der Waals surface area contributed by atoms with Crippen LogP contribution in [-0.2, 0) is 15.8 Å². The molecule has 206 valence electrons. The van der Waals surface area contributed by atoms with Gasteiger partial charge in [0.25, 0.3) is 11.8 Å². The lowest BCUT2D eigenvalue weighted by Gasteiger charge is -2.26. The minimum Gasteiger partial charge on any atom is -0.508 e. The molecular weight excluding hydrogens is 654 g/mol. The summed E-state index contributed by atoms with van der Waals surface area (Å²) in [6.45, 7) is 0. The van der Waals surface area contributed by atoms with Crippen molar-refractivity contribution >= 4 is 57.9 Å². The van der Waals surface area contributed by atoms with Gasteiger partial charge >= 0.3 is 17.9 Å². The predicted molar refractivity (Wildman–Crippen MR) is 141 cm³/mol. The third kappa shape index (κ3) is 5.68. The average Bonchev–Trinajstić information content (AvgIpc) is 2.88. The Kier molecular flexibility index (Phi) is 7.68. The number of methoxy groups -OCH3 is 1. The third-order valence-corrected chi connectivity index (χ3v) is 6.27. The molecular formula is C25H15F3IN3O8. The molecule has 4 amide bonds. The summed E-state index contributed by atoms with van der Waals surface area (Å²) in [5, 5.41) is 23.0. The van der Waals surface area contributed by atoms with Crippen molar-refractivity contribution in [3.05, 3.63) is 85.0 Å². The second-order valence-corrected chi connectivity index (χ2v) is 9.21. The van der Waals surface area contributed by atoms with Crippen LogP contribution < -0.4 is 19.7 Å². The number of alkyl halides is 3. The van der Waals surface area contributed by atoms with Crippen LogP contribution in [0.4, 0.5) is 29.3 Å². The molecule has 0 bridgehead atoms. The van der Waals surface area contributed by atoms with E-state index in [1.54, 1.807) is 22.6 Å². The van der Waals surface area contributed by atoms with Crippen molar-refractivity contribution in [2.24, 2.45) is 0 Å².